The van der Waals surface area contributed by atoms with Gasteiger partial charge in [-0.25, -0.2) is 9.67 Å². The Kier molecular flexibility index (Phi) is 5.81. The van der Waals surface area contributed by atoms with Crippen LogP contribution in [0.25, 0.3) is 5.69 Å². The van der Waals surface area contributed by atoms with Gasteiger partial charge in [-0.15, -0.1) is 5.10 Å². The molecule has 0 saturated carbocycles. The Hall–Kier alpha value is -3.14. The summed E-state index contributed by atoms with van der Waals surface area (Å²) in [5, 5.41) is 7.94. The van der Waals surface area contributed by atoms with Crippen LogP contribution in [-0.2, 0) is 6.18 Å². The number of halogens is 4. The van der Waals surface area contributed by atoms with E-state index in [1.54, 1.807) is 16.0 Å². The highest BCUT2D eigenvalue weighted by Gasteiger charge is 2.32. The molecule has 1 amide bonds. The topological polar surface area (TPSA) is 67.2 Å². The average Bonchev–Trinajstić information content (AvgIpc) is 3.12. The minimum absolute atomic E-state index is 0.0691. The van der Waals surface area contributed by atoms with E-state index < -0.39 is 11.7 Å². The first kappa shape index (κ1) is 21.1. The van der Waals surface area contributed by atoms with Crippen molar-refractivity contribution in [1.29, 1.82) is 0 Å². The molecule has 11 heteroatoms. The summed E-state index contributed by atoms with van der Waals surface area (Å²) in [6.07, 6.45) is -1.54. The molecule has 0 atom stereocenters. The van der Waals surface area contributed by atoms with Gasteiger partial charge in [-0.3, -0.25) is 4.79 Å². The number of pyridine rings is 1. The molecular formula is C20H18ClF3N6O. The molecule has 2 aromatic heterocycles. The number of carbonyl (C=O) groups is 1. The molecule has 1 aromatic carbocycles. The molecule has 4 rings (SSSR count). The molecule has 31 heavy (non-hydrogen) atoms. The quantitative estimate of drug-likeness (QED) is 0.609. The van der Waals surface area contributed by atoms with Crippen LogP contribution in [0.2, 0.25) is 5.02 Å². The Balaban J connectivity index is 1.45. The number of amides is 1. The van der Waals surface area contributed by atoms with E-state index in [9.17, 15) is 18.0 Å². The van der Waals surface area contributed by atoms with Gasteiger partial charge >= 0.3 is 6.18 Å². The van der Waals surface area contributed by atoms with Gasteiger partial charge in [0.2, 0.25) is 0 Å². The number of benzene rings is 1. The van der Waals surface area contributed by atoms with Crippen LogP contribution in [0.3, 0.4) is 0 Å². The monoisotopic (exact) mass is 450 g/mol. The Labute approximate surface area is 181 Å². The number of nitrogens with zero attached hydrogens (tertiary/aromatic N) is 6. The predicted octanol–water partition coefficient (Wildman–Crippen LogP) is 3.69. The van der Waals surface area contributed by atoms with E-state index in [0.29, 0.717) is 32.6 Å². The summed E-state index contributed by atoms with van der Waals surface area (Å²) in [6.45, 7) is 1.73. The normalized spacial score (nSPS) is 15.1. The SMILES string of the molecule is O=C(c1cn(-c2ccccc2)nn1)N1CCCN(c2ncc(C(F)(F)F)cc2Cl)CC1. The maximum absolute atomic E-state index is 12.9. The fraction of sp³-hybridized carbons (Fsp3) is 0.300. The molecule has 1 fully saturated rings. The largest absolute Gasteiger partial charge is 0.417 e. The second kappa shape index (κ2) is 8.54. The maximum atomic E-state index is 12.9. The number of anilines is 1. The number of alkyl halides is 3. The highest BCUT2D eigenvalue weighted by Crippen LogP contribution is 2.33. The fourth-order valence-corrected chi connectivity index (χ4v) is 3.67. The van der Waals surface area contributed by atoms with Crippen molar-refractivity contribution in [1.82, 2.24) is 24.9 Å². The van der Waals surface area contributed by atoms with Crippen molar-refractivity contribution < 1.29 is 18.0 Å². The minimum Gasteiger partial charge on any atom is -0.354 e. The standard InChI is InChI=1S/C20H18ClF3N6O/c21-16-11-14(20(22,23)24)12-25-18(16)28-7-4-8-29(10-9-28)19(31)17-13-30(27-26-17)15-5-2-1-3-6-15/h1-3,5-6,11-13H,4,7-10H2. The van der Waals surface area contributed by atoms with E-state index in [1.807, 2.05) is 30.3 Å². The molecule has 0 radical (unpaired) electrons. The average molecular weight is 451 g/mol. The molecule has 0 unspecified atom stereocenters. The molecule has 7 nitrogen and oxygen atoms in total. The summed E-state index contributed by atoms with van der Waals surface area (Å²) in [6, 6.07) is 10.2. The molecule has 0 aliphatic carbocycles. The molecule has 1 aliphatic rings. The number of para-hydroxylation sites is 1. The first-order valence-electron chi connectivity index (χ1n) is 9.57. The van der Waals surface area contributed by atoms with Gasteiger partial charge in [-0.2, -0.15) is 13.2 Å². The first-order chi connectivity index (χ1) is 14.8. The van der Waals surface area contributed by atoms with Crippen molar-refractivity contribution in [3.63, 3.8) is 0 Å². The summed E-state index contributed by atoms with van der Waals surface area (Å²) in [4.78, 5) is 20.2. The van der Waals surface area contributed by atoms with Gasteiger partial charge in [-0.05, 0) is 24.6 Å². The van der Waals surface area contributed by atoms with Crippen LogP contribution in [-0.4, -0.2) is 57.0 Å². The highest BCUT2D eigenvalue weighted by molar-refractivity contribution is 6.33. The zero-order valence-corrected chi connectivity index (χ0v) is 17.0. The molecule has 1 aliphatic heterocycles. The lowest BCUT2D eigenvalue weighted by atomic mass is 10.2. The zero-order chi connectivity index (χ0) is 22.0. The summed E-state index contributed by atoms with van der Waals surface area (Å²) in [5.41, 5.74) is 0.122. The van der Waals surface area contributed by atoms with Gasteiger partial charge < -0.3 is 9.80 Å². The van der Waals surface area contributed by atoms with Crippen molar-refractivity contribution in [2.24, 2.45) is 0 Å². The Morgan fingerprint density at radius 3 is 2.55 bits per heavy atom. The third kappa shape index (κ3) is 4.63. The molecule has 3 heterocycles. The summed E-state index contributed by atoms with van der Waals surface area (Å²) in [7, 11) is 0. The van der Waals surface area contributed by atoms with E-state index in [-0.39, 0.29) is 22.4 Å². The van der Waals surface area contributed by atoms with Crippen LogP contribution in [0, 0.1) is 0 Å². The highest BCUT2D eigenvalue weighted by atomic mass is 35.5. The lowest BCUT2D eigenvalue weighted by Gasteiger charge is -2.23. The lowest BCUT2D eigenvalue weighted by molar-refractivity contribution is -0.137. The summed E-state index contributed by atoms with van der Waals surface area (Å²) in [5.74, 6) is 0.0227. The van der Waals surface area contributed by atoms with Crippen LogP contribution in [0.15, 0.2) is 48.8 Å². The first-order valence-corrected chi connectivity index (χ1v) is 9.95. The minimum atomic E-state index is -4.51. The van der Waals surface area contributed by atoms with Gasteiger partial charge in [0, 0.05) is 32.4 Å². The fourth-order valence-electron chi connectivity index (χ4n) is 3.38. The van der Waals surface area contributed by atoms with Crippen molar-refractivity contribution in [3.05, 3.63) is 65.1 Å². The molecular weight excluding hydrogens is 433 g/mol. The van der Waals surface area contributed by atoms with Crippen molar-refractivity contribution in [2.75, 3.05) is 31.1 Å². The molecule has 0 N–H and O–H groups in total. The van der Waals surface area contributed by atoms with Crippen molar-refractivity contribution >= 4 is 23.3 Å². The number of carbonyl (C=O) groups excluding carboxylic acids is 1. The van der Waals surface area contributed by atoms with Crippen LogP contribution in [0.5, 0.6) is 0 Å². The second-order valence-corrected chi connectivity index (χ2v) is 7.45. The van der Waals surface area contributed by atoms with E-state index in [4.69, 9.17) is 11.6 Å². The van der Waals surface area contributed by atoms with Gasteiger partial charge in [0.15, 0.2) is 5.69 Å². The number of aromatic nitrogens is 4. The van der Waals surface area contributed by atoms with Crippen LogP contribution < -0.4 is 4.90 Å². The molecule has 162 valence electrons. The van der Waals surface area contributed by atoms with E-state index in [1.165, 1.54) is 4.68 Å². The number of hydrogen-bond donors (Lipinski definition) is 0. The van der Waals surface area contributed by atoms with Crippen molar-refractivity contribution in [2.45, 2.75) is 12.6 Å². The predicted molar refractivity (Wildman–Crippen MR) is 108 cm³/mol. The number of hydrogen-bond acceptors (Lipinski definition) is 5. The third-order valence-corrected chi connectivity index (χ3v) is 5.24. The third-order valence-electron chi connectivity index (χ3n) is 4.96. The van der Waals surface area contributed by atoms with Crippen molar-refractivity contribution in [3.8, 4) is 5.69 Å². The smallest absolute Gasteiger partial charge is 0.354 e. The van der Waals surface area contributed by atoms with Crippen LogP contribution in [0.1, 0.15) is 22.5 Å². The van der Waals surface area contributed by atoms with Gasteiger partial charge in [0.1, 0.15) is 5.82 Å². The zero-order valence-electron chi connectivity index (χ0n) is 16.3. The Bertz CT molecular complexity index is 1070. The Morgan fingerprint density at radius 1 is 1.06 bits per heavy atom. The lowest BCUT2D eigenvalue weighted by Crippen LogP contribution is -2.35. The van der Waals surface area contributed by atoms with E-state index in [0.717, 1.165) is 18.0 Å². The number of rotatable bonds is 3. The molecule has 0 bridgehead atoms. The van der Waals surface area contributed by atoms with Gasteiger partial charge in [0.05, 0.1) is 22.5 Å². The maximum Gasteiger partial charge on any atom is 0.417 e. The van der Waals surface area contributed by atoms with Crippen LogP contribution >= 0.6 is 11.6 Å². The summed E-state index contributed by atoms with van der Waals surface area (Å²) >= 11 is 6.07. The molecule has 1 saturated heterocycles. The van der Waals surface area contributed by atoms with E-state index in [2.05, 4.69) is 15.3 Å². The second-order valence-electron chi connectivity index (χ2n) is 7.04. The van der Waals surface area contributed by atoms with Crippen LogP contribution in [0.4, 0.5) is 19.0 Å². The van der Waals surface area contributed by atoms with Gasteiger partial charge in [-0.1, -0.05) is 35.0 Å². The van der Waals surface area contributed by atoms with E-state index >= 15 is 0 Å². The Morgan fingerprint density at radius 2 is 1.84 bits per heavy atom. The van der Waals surface area contributed by atoms with Gasteiger partial charge in [0.25, 0.3) is 5.91 Å². The summed E-state index contributed by atoms with van der Waals surface area (Å²) < 4.78 is 40.1. The molecule has 0 spiro atoms. The molecule has 3 aromatic rings.